The lowest BCUT2D eigenvalue weighted by Gasteiger charge is -2.14. The normalized spacial score (nSPS) is 11.7. The molecule has 0 aliphatic carbocycles. The lowest BCUT2D eigenvalue weighted by atomic mass is 10.2. The number of nitrogens with zero attached hydrogens (tertiary/aromatic N) is 5. The first kappa shape index (κ1) is 18.9. The second kappa shape index (κ2) is 6.89. The van der Waals surface area contributed by atoms with E-state index in [0.29, 0.717) is 22.8 Å². The molecule has 0 aliphatic heterocycles. The summed E-state index contributed by atoms with van der Waals surface area (Å²) in [6, 6.07) is 6.64. The van der Waals surface area contributed by atoms with Crippen LogP contribution in [-0.2, 0) is 17.1 Å². The van der Waals surface area contributed by atoms with Crippen LogP contribution in [0.15, 0.2) is 47.8 Å². The minimum absolute atomic E-state index is 0.0315. The molecule has 3 heterocycles. The highest BCUT2D eigenvalue weighted by atomic mass is 32.2. The molecule has 0 radical (unpaired) electrons. The van der Waals surface area contributed by atoms with Gasteiger partial charge in [-0.2, -0.15) is 10.2 Å². The molecule has 0 atom stereocenters. The Morgan fingerprint density at radius 2 is 1.83 bits per heavy atom. The Bertz CT molecular complexity index is 1310. The van der Waals surface area contributed by atoms with Crippen LogP contribution in [0.1, 0.15) is 11.3 Å². The number of rotatable bonds is 5. The number of ether oxygens (including phenoxy) is 1. The predicted octanol–water partition coefficient (Wildman–Crippen LogP) is 2.58. The van der Waals surface area contributed by atoms with E-state index in [0.717, 1.165) is 16.6 Å². The van der Waals surface area contributed by atoms with Crippen LogP contribution in [-0.4, -0.2) is 40.1 Å². The van der Waals surface area contributed by atoms with Crippen molar-refractivity contribution in [3.8, 4) is 11.6 Å². The molecule has 9 nitrogen and oxygen atoms in total. The van der Waals surface area contributed by atoms with Crippen molar-refractivity contribution in [2.75, 3.05) is 11.8 Å². The molecule has 29 heavy (non-hydrogen) atoms. The van der Waals surface area contributed by atoms with E-state index in [2.05, 4.69) is 19.9 Å². The average molecular weight is 412 g/mol. The number of anilines is 1. The largest absolute Gasteiger partial charge is 0.494 e. The van der Waals surface area contributed by atoms with Gasteiger partial charge in [-0.1, -0.05) is 0 Å². The van der Waals surface area contributed by atoms with Crippen LogP contribution in [0, 0.1) is 13.8 Å². The van der Waals surface area contributed by atoms with Gasteiger partial charge in [-0.25, -0.2) is 18.1 Å². The summed E-state index contributed by atoms with van der Waals surface area (Å²) in [5.74, 6) is 0.942. The Balaban J connectivity index is 1.72. The number of benzene rings is 1. The van der Waals surface area contributed by atoms with Gasteiger partial charge in [-0.15, -0.1) is 0 Å². The quantitative estimate of drug-likeness (QED) is 0.540. The number of pyridine rings is 1. The fourth-order valence-electron chi connectivity index (χ4n) is 3.09. The number of hydrogen-bond donors (Lipinski definition) is 1. The van der Waals surface area contributed by atoms with Gasteiger partial charge < -0.3 is 4.74 Å². The molecule has 0 unspecified atom stereocenters. The van der Waals surface area contributed by atoms with Crippen molar-refractivity contribution < 1.29 is 13.2 Å². The SMILES string of the molecule is COc1ccc2cnn(C)c2c1NS(=O)(=O)c1ccc(-n2ncc(C)c2C)nc1. The van der Waals surface area contributed by atoms with Crippen LogP contribution in [0.4, 0.5) is 5.69 Å². The third-order valence-electron chi connectivity index (χ3n) is 4.82. The first-order chi connectivity index (χ1) is 13.8. The molecular formula is C19H20N6O3S. The molecule has 0 saturated carbocycles. The van der Waals surface area contributed by atoms with Crippen molar-refractivity contribution >= 4 is 26.6 Å². The Morgan fingerprint density at radius 1 is 1.03 bits per heavy atom. The first-order valence-corrected chi connectivity index (χ1v) is 10.3. The molecule has 4 rings (SSSR count). The third kappa shape index (κ3) is 3.21. The van der Waals surface area contributed by atoms with Crippen LogP contribution in [0.3, 0.4) is 0 Å². The highest BCUT2D eigenvalue weighted by Gasteiger charge is 2.21. The average Bonchev–Trinajstić information content (AvgIpc) is 3.25. The summed E-state index contributed by atoms with van der Waals surface area (Å²) in [7, 11) is -0.673. The van der Waals surface area contributed by atoms with E-state index in [4.69, 9.17) is 4.74 Å². The molecular weight excluding hydrogens is 392 g/mol. The zero-order valence-corrected chi connectivity index (χ0v) is 17.2. The molecule has 0 aliphatic rings. The number of sulfonamides is 1. The highest BCUT2D eigenvalue weighted by Crippen LogP contribution is 2.34. The van der Waals surface area contributed by atoms with Crippen molar-refractivity contribution in [1.82, 2.24) is 24.5 Å². The standard InChI is InChI=1S/C19H20N6O3S/c1-12-9-22-25(13(12)2)17-8-6-15(11-20-17)29(26,27)23-18-16(28-4)7-5-14-10-21-24(3)19(14)18/h5-11,23H,1-4H3. The van der Waals surface area contributed by atoms with Gasteiger partial charge in [0.25, 0.3) is 10.0 Å². The summed E-state index contributed by atoms with van der Waals surface area (Å²) >= 11 is 0. The molecule has 150 valence electrons. The van der Waals surface area contributed by atoms with Crippen molar-refractivity contribution in [2.24, 2.45) is 7.05 Å². The second-order valence-corrected chi connectivity index (χ2v) is 8.31. The van der Waals surface area contributed by atoms with Gasteiger partial charge in [0.1, 0.15) is 16.3 Å². The van der Waals surface area contributed by atoms with E-state index < -0.39 is 10.0 Å². The maximum atomic E-state index is 13.0. The molecule has 0 spiro atoms. The molecule has 0 saturated heterocycles. The lowest BCUT2D eigenvalue weighted by Crippen LogP contribution is -2.15. The summed E-state index contributed by atoms with van der Waals surface area (Å²) in [4.78, 5) is 4.31. The predicted molar refractivity (Wildman–Crippen MR) is 109 cm³/mol. The van der Waals surface area contributed by atoms with Crippen molar-refractivity contribution in [1.29, 1.82) is 0 Å². The third-order valence-corrected chi connectivity index (χ3v) is 6.16. The summed E-state index contributed by atoms with van der Waals surface area (Å²) in [6.45, 7) is 3.88. The zero-order valence-electron chi connectivity index (χ0n) is 16.4. The molecule has 0 bridgehead atoms. The molecule has 0 amide bonds. The monoisotopic (exact) mass is 412 g/mol. The Morgan fingerprint density at radius 3 is 2.45 bits per heavy atom. The van der Waals surface area contributed by atoms with Gasteiger partial charge in [0, 0.05) is 24.3 Å². The molecule has 1 aromatic carbocycles. The van der Waals surface area contributed by atoms with Crippen LogP contribution in [0.5, 0.6) is 5.75 Å². The summed E-state index contributed by atoms with van der Waals surface area (Å²) in [5, 5.41) is 9.26. The highest BCUT2D eigenvalue weighted by molar-refractivity contribution is 7.92. The number of aromatic nitrogens is 5. The maximum absolute atomic E-state index is 13.0. The van der Waals surface area contributed by atoms with Crippen molar-refractivity contribution in [3.05, 3.63) is 54.1 Å². The molecule has 4 aromatic rings. The Hall–Kier alpha value is -3.40. The molecule has 0 fully saturated rings. The van der Waals surface area contributed by atoms with Gasteiger partial charge in [0.15, 0.2) is 5.82 Å². The van der Waals surface area contributed by atoms with Crippen LogP contribution in [0.2, 0.25) is 0 Å². The van der Waals surface area contributed by atoms with Gasteiger partial charge in [-0.3, -0.25) is 9.40 Å². The summed E-state index contributed by atoms with van der Waals surface area (Å²) < 4.78 is 37.3. The van der Waals surface area contributed by atoms with Gasteiger partial charge >= 0.3 is 0 Å². The van der Waals surface area contributed by atoms with E-state index >= 15 is 0 Å². The zero-order chi connectivity index (χ0) is 20.8. The molecule has 10 heteroatoms. The van der Waals surface area contributed by atoms with E-state index in [1.54, 1.807) is 40.9 Å². The smallest absolute Gasteiger partial charge is 0.263 e. The van der Waals surface area contributed by atoms with Crippen molar-refractivity contribution in [2.45, 2.75) is 18.7 Å². The number of hydrogen-bond acceptors (Lipinski definition) is 6. The summed E-state index contributed by atoms with van der Waals surface area (Å²) in [6.07, 6.45) is 4.71. The van der Waals surface area contributed by atoms with Crippen LogP contribution >= 0.6 is 0 Å². The fraction of sp³-hybridized carbons (Fsp3) is 0.211. The van der Waals surface area contributed by atoms with Crippen molar-refractivity contribution in [3.63, 3.8) is 0 Å². The maximum Gasteiger partial charge on any atom is 0.263 e. The van der Waals surface area contributed by atoms with E-state index in [-0.39, 0.29) is 4.90 Å². The summed E-state index contributed by atoms with van der Waals surface area (Å²) in [5.41, 5.74) is 2.92. The minimum atomic E-state index is -3.90. The number of nitrogens with one attached hydrogen (secondary N) is 1. The van der Waals surface area contributed by atoms with E-state index in [9.17, 15) is 8.42 Å². The second-order valence-electron chi connectivity index (χ2n) is 6.63. The van der Waals surface area contributed by atoms with E-state index in [1.165, 1.54) is 19.4 Å². The first-order valence-electron chi connectivity index (χ1n) is 8.81. The van der Waals surface area contributed by atoms with Gasteiger partial charge in [0.2, 0.25) is 0 Å². The molecule has 3 aromatic heterocycles. The lowest BCUT2D eigenvalue weighted by molar-refractivity contribution is 0.417. The van der Waals surface area contributed by atoms with Crippen LogP contribution in [0.25, 0.3) is 16.7 Å². The topological polar surface area (TPSA) is 104 Å². The number of fused-ring (bicyclic) bond motifs is 1. The number of methoxy groups -OCH3 is 1. The molecule has 1 N–H and O–H groups in total. The van der Waals surface area contributed by atoms with Crippen LogP contribution < -0.4 is 9.46 Å². The number of aryl methyl sites for hydroxylation is 2. The van der Waals surface area contributed by atoms with Gasteiger partial charge in [0.05, 0.1) is 25.0 Å². The fourth-order valence-corrected chi connectivity index (χ4v) is 4.11. The Kier molecular flexibility index (Phi) is 4.50. The van der Waals surface area contributed by atoms with E-state index in [1.807, 2.05) is 19.9 Å². The van der Waals surface area contributed by atoms with Gasteiger partial charge in [-0.05, 0) is 43.7 Å². The minimum Gasteiger partial charge on any atom is -0.494 e. The Labute approximate surface area is 168 Å².